The van der Waals surface area contributed by atoms with Gasteiger partial charge >= 0.3 is 11.9 Å². The molecule has 4 rings (SSSR count). The number of hydrogen-bond donors (Lipinski definition) is 0. The largest absolute Gasteiger partial charge is 0.466 e. The monoisotopic (exact) mass is 436 g/mol. The third-order valence-electron chi connectivity index (χ3n) is 4.81. The third-order valence-corrected chi connectivity index (χ3v) is 5.70. The Morgan fingerprint density at radius 3 is 2.48 bits per heavy atom. The quantitative estimate of drug-likeness (QED) is 0.562. The molecule has 158 valence electrons. The van der Waals surface area contributed by atoms with Crippen LogP contribution in [0.25, 0.3) is 21.8 Å². The molecule has 3 aromatic rings. The Bertz CT molecular complexity index is 1140. The average molecular weight is 436 g/mol. The van der Waals surface area contributed by atoms with Crippen molar-refractivity contribution in [2.75, 3.05) is 32.5 Å². The van der Waals surface area contributed by atoms with E-state index >= 15 is 0 Å². The Balaban J connectivity index is 1.71. The van der Waals surface area contributed by atoms with Gasteiger partial charge in [0.05, 0.1) is 32.1 Å². The summed E-state index contributed by atoms with van der Waals surface area (Å²) in [5.74, 6) is -1.26. The molecule has 1 aliphatic heterocycles. The van der Waals surface area contributed by atoms with Gasteiger partial charge in [0.25, 0.3) is 0 Å². The first-order valence-corrected chi connectivity index (χ1v) is 10.4. The third kappa shape index (κ3) is 4.21. The summed E-state index contributed by atoms with van der Waals surface area (Å²) in [6.45, 7) is 0.0712. The predicted octanol–water partition coefficient (Wildman–Crippen LogP) is 3.87. The topological polar surface area (TPSA) is 78.0 Å². The molecule has 2 heterocycles. The summed E-state index contributed by atoms with van der Waals surface area (Å²) in [5, 5.41) is 2.85. The number of esters is 2. The van der Waals surface area contributed by atoms with Crippen LogP contribution in [0.3, 0.4) is 0 Å². The van der Waals surface area contributed by atoms with E-state index < -0.39 is 11.9 Å². The first-order valence-electron chi connectivity index (χ1n) is 9.49. The van der Waals surface area contributed by atoms with E-state index in [4.69, 9.17) is 19.2 Å². The van der Waals surface area contributed by atoms with Crippen LogP contribution >= 0.6 is 11.3 Å². The maximum Gasteiger partial charge on any atom is 0.355 e. The second-order valence-corrected chi connectivity index (χ2v) is 7.53. The summed E-state index contributed by atoms with van der Waals surface area (Å²) >= 11 is 1.53. The van der Waals surface area contributed by atoms with Crippen LogP contribution in [0.1, 0.15) is 0 Å². The van der Waals surface area contributed by atoms with Crippen LogP contribution in [-0.4, -0.2) is 44.5 Å². The van der Waals surface area contributed by atoms with Gasteiger partial charge in [-0.25, -0.2) is 14.6 Å². The molecule has 0 amide bonds. The molecule has 0 spiro atoms. The Hall–Kier alpha value is -3.49. The highest BCUT2D eigenvalue weighted by Crippen LogP contribution is 2.33. The fraction of sp³-hybridized carbons (Fsp3) is 0.174. The number of thiazole rings is 1. The molecular formula is C23H20N2O5S. The first kappa shape index (κ1) is 20.8. The van der Waals surface area contributed by atoms with Crippen molar-refractivity contribution in [3.63, 3.8) is 0 Å². The van der Waals surface area contributed by atoms with Crippen molar-refractivity contribution in [1.82, 2.24) is 4.98 Å². The molecule has 1 aliphatic rings. The van der Waals surface area contributed by atoms with E-state index in [1.165, 1.54) is 25.6 Å². The van der Waals surface area contributed by atoms with E-state index in [0.29, 0.717) is 5.69 Å². The number of aromatic nitrogens is 1. The summed E-state index contributed by atoms with van der Waals surface area (Å²) in [6.07, 6.45) is 0. The van der Waals surface area contributed by atoms with Crippen LogP contribution in [-0.2, 0) is 23.8 Å². The highest BCUT2D eigenvalue weighted by atomic mass is 32.1. The second kappa shape index (κ2) is 9.11. The lowest BCUT2D eigenvalue weighted by Crippen LogP contribution is -2.38. The number of anilines is 1. The number of benzene rings is 2. The van der Waals surface area contributed by atoms with Crippen molar-refractivity contribution in [3.05, 3.63) is 71.2 Å². The van der Waals surface area contributed by atoms with Crippen molar-refractivity contribution in [2.45, 2.75) is 0 Å². The van der Waals surface area contributed by atoms with E-state index in [0.717, 1.165) is 21.8 Å². The molecule has 0 atom stereocenters. The zero-order chi connectivity index (χ0) is 21.8. The Morgan fingerprint density at radius 1 is 1.00 bits per heavy atom. The van der Waals surface area contributed by atoms with Crippen LogP contribution in [0.4, 0.5) is 5.69 Å². The maximum absolute atomic E-state index is 12.5. The summed E-state index contributed by atoms with van der Waals surface area (Å²) in [5.41, 5.74) is 3.74. The second-order valence-electron chi connectivity index (χ2n) is 6.67. The van der Waals surface area contributed by atoms with Gasteiger partial charge in [-0.05, 0) is 12.1 Å². The van der Waals surface area contributed by atoms with Crippen molar-refractivity contribution in [1.29, 1.82) is 0 Å². The predicted molar refractivity (Wildman–Crippen MR) is 117 cm³/mol. The van der Waals surface area contributed by atoms with Gasteiger partial charge in [0.2, 0.25) is 0 Å². The Kier molecular flexibility index (Phi) is 6.11. The molecule has 0 radical (unpaired) electrons. The molecule has 0 N–H and O–H groups in total. The minimum atomic E-state index is -0.631. The zero-order valence-electron chi connectivity index (χ0n) is 17.0. The van der Waals surface area contributed by atoms with Gasteiger partial charge in [-0.3, -0.25) is 0 Å². The number of carbonyl (C=O) groups is 2. The molecule has 1 aromatic heterocycles. The lowest BCUT2D eigenvalue weighted by Gasteiger charge is -2.31. The van der Waals surface area contributed by atoms with E-state index in [2.05, 4.69) is 0 Å². The number of nitrogens with zero attached hydrogens (tertiary/aromatic N) is 2. The van der Waals surface area contributed by atoms with Crippen LogP contribution in [0.2, 0.25) is 0 Å². The molecular weight excluding hydrogens is 416 g/mol. The highest BCUT2D eigenvalue weighted by molar-refractivity contribution is 7.13. The van der Waals surface area contributed by atoms with Crippen molar-refractivity contribution in [3.8, 4) is 21.8 Å². The fourth-order valence-electron chi connectivity index (χ4n) is 3.30. The van der Waals surface area contributed by atoms with Gasteiger partial charge in [0, 0.05) is 22.2 Å². The van der Waals surface area contributed by atoms with E-state index in [1.54, 1.807) is 4.90 Å². The van der Waals surface area contributed by atoms with Gasteiger partial charge in [-0.2, -0.15) is 0 Å². The standard InChI is InChI=1S/C23H20N2O5S/c1-28-22(26)18-12-30-14-25(20(18)23(27)29-2)17-10-6-9-16(11-17)21-24-19(13-31-21)15-7-4-3-5-8-15/h3-11,13H,12,14H2,1-2H3. The number of ether oxygens (including phenoxy) is 3. The number of carbonyl (C=O) groups excluding carboxylic acids is 2. The summed E-state index contributed by atoms with van der Waals surface area (Å²) in [7, 11) is 2.53. The van der Waals surface area contributed by atoms with Gasteiger partial charge < -0.3 is 19.1 Å². The van der Waals surface area contributed by atoms with Gasteiger partial charge in [-0.1, -0.05) is 42.5 Å². The van der Waals surface area contributed by atoms with Crippen molar-refractivity contribution >= 4 is 29.0 Å². The number of hydrogen-bond acceptors (Lipinski definition) is 8. The Labute approximate surface area is 183 Å². The van der Waals surface area contributed by atoms with Crippen LogP contribution in [0.15, 0.2) is 71.2 Å². The lowest BCUT2D eigenvalue weighted by molar-refractivity contribution is -0.140. The van der Waals surface area contributed by atoms with Crippen LogP contribution < -0.4 is 4.90 Å². The highest BCUT2D eigenvalue weighted by Gasteiger charge is 2.32. The maximum atomic E-state index is 12.5. The zero-order valence-corrected chi connectivity index (χ0v) is 17.8. The molecule has 0 saturated carbocycles. The minimum Gasteiger partial charge on any atom is -0.466 e. The van der Waals surface area contributed by atoms with Crippen molar-refractivity contribution < 1.29 is 23.8 Å². The number of rotatable bonds is 5. The molecule has 8 heteroatoms. The van der Waals surface area contributed by atoms with Crippen LogP contribution in [0, 0.1) is 0 Å². The Morgan fingerprint density at radius 2 is 1.74 bits per heavy atom. The van der Waals surface area contributed by atoms with E-state index in [9.17, 15) is 9.59 Å². The molecule has 0 saturated heterocycles. The summed E-state index contributed by atoms with van der Waals surface area (Å²) in [6, 6.07) is 17.5. The van der Waals surface area contributed by atoms with E-state index in [1.807, 2.05) is 60.0 Å². The normalized spacial score (nSPS) is 13.8. The summed E-state index contributed by atoms with van der Waals surface area (Å²) < 4.78 is 15.3. The van der Waals surface area contributed by atoms with Crippen molar-refractivity contribution in [2.24, 2.45) is 0 Å². The van der Waals surface area contributed by atoms with Gasteiger partial charge in [0.15, 0.2) is 0 Å². The lowest BCUT2D eigenvalue weighted by atomic mass is 10.1. The molecule has 0 aliphatic carbocycles. The average Bonchev–Trinajstić information content (AvgIpc) is 3.33. The minimum absolute atomic E-state index is 0.0276. The molecule has 31 heavy (non-hydrogen) atoms. The molecule has 7 nitrogen and oxygen atoms in total. The SMILES string of the molecule is COC(=O)C1=C(C(=O)OC)N(c2cccc(-c3nc(-c4ccccc4)cs3)c2)COC1. The fourth-order valence-corrected chi connectivity index (χ4v) is 4.13. The molecule has 2 aromatic carbocycles. The molecule has 0 fully saturated rings. The van der Waals surface area contributed by atoms with E-state index in [-0.39, 0.29) is 24.6 Å². The summed E-state index contributed by atoms with van der Waals surface area (Å²) in [4.78, 5) is 31.1. The van der Waals surface area contributed by atoms with Gasteiger partial charge in [-0.15, -0.1) is 11.3 Å². The molecule has 0 bridgehead atoms. The van der Waals surface area contributed by atoms with Crippen LogP contribution in [0.5, 0.6) is 0 Å². The smallest absolute Gasteiger partial charge is 0.355 e. The van der Waals surface area contributed by atoms with Gasteiger partial charge in [0.1, 0.15) is 17.4 Å². The molecule has 0 unspecified atom stereocenters. The number of methoxy groups -OCH3 is 2. The first-order chi connectivity index (χ1) is 15.1.